The zero-order valence-electron chi connectivity index (χ0n) is 14.5. The van der Waals surface area contributed by atoms with Crippen LogP contribution in [0.15, 0.2) is 41.3 Å². The molecule has 0 saturated carbocycles. The van der Waals surface area contributed by atoms with Crippen LogP contribution in [0.5, 0.6) is 11.5 Å². The molecule has 8 heteroatoms. The molecule has 0 N–H and O–H groups in total. The second-order valence-electron chi connectivity index (χ2n) is 5.43. The molecule has 0 atom stereocenters. The van der Waals surface area contributed by atoms with Crippen molar-refractivity contribution < 1.29 is 14.3 Å². The summed E-state index contributed by atoms with van der Waals surface area (Å²) in [6.07, 6.45) is 1.85. The van der Waals surface area contributed by atoms with Gasteiger partial charge in [0.25, 0.3) is 5.91 Å². The lowest BCUT2D eigenvalue weighted by Gasteiger charge is -2.17. The molecule has 1 amide bonds. The highest BCUT2D eigenvalue weighted by atomic mass is 127. The Morgan fingerprint density at radius 1 is 1.26 bits per heavy atom. The maximum atomic E-state index is 13.1. The molecule has 27 heavy (non-hydrogen) atoms. The Balaban J connectivity index is 2.03. The molecule has 1 aliphatic heterocycles. The predicted octanol–water partition coefficient (Wildman–Crippen LogP) is 5.71. The molecule has 0 bridgehead atoms. The van der Waals surface area contributed by atoms with E-state index in [9.17, 15) is 4.79 Å². The quantitative estimate of drug-likeness (QED) is 0.243. The third-order valence-electron chi connectivity index (χ3n) is 3.73. The lowest BCUT2D eigenvalue weighted by Crippen LogP contribution is -2.27. The Labute approximate surface area is 195 Å². The van der Waals surface area contributed by atoms with Gasteiger partial charge in [-0.05, 0) is 82.4 Å². The summed E-state index contributed by atoms with van der Waals surface area (Å²) in [5.41, 5.74) is 1.52. The number of carbonyl (C=O) groups excluding carboxylic acids is 1. The van der Waals surface area contributed by atoms with E-state index in [0.717, 1.165) is 18.5 Å². The van der Waals surface area contributed by atoms with Crippen LogP contribution in [-0.4, -0.2) is 23.9 Å². The summed E-state index contributed by atoms with van der Waals surface area (Å²) in [5, 5.41) is 0. The first-order valence-electron chi connectivity index (χ1n) is 7.99. The standard InChI is InChI=1S/C19H15I2NO3S2/c1-3-25-17-11(8-12(20)10-13(17)21)9-16-18(23)22(19(26)27-16)14-6-4-5-7-15(14)24-2/h4-10H,3H2,1-2H3/b16-9+. The number of benzene rings is 2. The average molecular weight is 623 g/mol. The van der Waals surface area contributed by atoms with Gasteiger partial charge in [0.1, 0.15) is 11.5 Å². The summed E-state index contributed by atoms with van der Waals surface area (Å²) >= 11 is 11.3. The van der Waals surface area contributed by atoms with Crippen molar-refractivity contribution in [2.45, 2.75) is 6.92 Å². The predicted molar refractivity (Wildman–Crippen MR) is 132 cm³/mol. The molecule has 4 nitrogen and oxygen atoms in total. The Bertz CT molecular complexity index is 947. The monoisotopic (exact) mass is 623 g/mol. The lowest BCUT2D eigenvalue weighted by atomic mass is 10.2. The smallest absolute Gasteiger partial charge is 0.270 e. The van der Waals surface area contributed by atoms with Gasteiger partial charge in [-0.25, -0.2) is 0 Å². The van der Waals surface area contributed by atoms with Crippen LogP contribution in [0.1, 0.15) is 12.5 Å². The zero-order valence-corrected chi connectivity index (χ0v) is 20.4. The van der Waals surface area contributed by atoms with Crippen LogP contribution in [0.4, 0.5) is 5.69 Å². The van der Waals surface area contributed by atoms with Crippen LogP contribution in [0.3, 0.4) is 0 Å². The lowest BCUT2D eigenvalue weighted by molar-refractivity contribution is -0.113. The third-order valence-corrected chi connectivity index (χ3v) is 6.46. The largest absolute Gasteiger partial charge is 0.495 e. The number of thiocarbonyl (C=S) groups is 1. The van der Waals surface area contributed by atoms with Crippen LogP contribution in [0.2, 0.25) is 0 Å². The normalized spacial score (nSPS) is 15.6. The van der Waals surface area contributed by atoms with Crippen molar-refractivity contribution in [1.29, 1.82) is 0 Å². The first-order chi connectivity index (χ1) is 13.0. The Morgan fingerprint density at radius 3 is 2.70 bits per heavy atom. The van der Waals surface area contributed by atoms with Gasteiger partial charge in [-0.1, -0.05) is 36.1 Å². The summed E-state index contributed by atoms with van der Waals surface area (Å²) in [4.78, 5) is 15.2. The Kier molecular flexibility index (Phi) is 7.03. The Morgan fingerprint density at radius 2 is 2.00 bits per heavy atom. The number of methoxy groups -OCH3 is 1. The number of carbonyl (C=O) groups is 1. The van der Waals surface area contributed by atoms with E-state index in [1.165, 1.54) is 16.7 Å². The summed E-state index contributed by atoms with van der Waals surface area (Å²) in [5.74, 6) is 1.22. The zero-order chi connectivity index (χ0) is 19.6. The topological polar surface area (TPSA) is 38.8 Å². The van der Waals surface area contributed by atoms with Crippen molar-refractivity contribution in [3.63, 3.8) is 0 Å². The van der Waals surface area contributed by atoms with Gasteiger partial charge in [0.15, 0.2) is 4.32 Å². The van der Waals surface area contributed by atoms with E-state index in [1.807, 2.05) is 49.4 Å². The fourth-order valence-electron chi connectivity index (χ4n) is 2.62. The van der Waals surface area contributed by atoms with Crippen molar-refractivity contribution in [3.8, 4) is 11.5 Å². The van der Waals surface area contributed by atoms with E-state index in [-0.39, 0.29) is 5.91 Å². The molecule has 0 aromatic heterocycles. The maximum Gasteiger partial charge on any atom is 0.270 e. The highest BCUT2D eigenvalue weighted by molar-refractivity contribution is 14.1. The van der Waals surface area contributed by atoms with Gasteiger partial charge < -0.3 is 9.47 Å². The fraction of sp³-hybridized carbons (Fsp3) is 0.158. The molecule has 1 heterocycles. The molecule has 1 saturated heterocycles. The molecule has 1 aliphatic rings. The summed E-state index contributed by atoms with van der Waals surface area (Å²) in [6, 6.07) is 11.4. The summed E-state index contributed by atoms with van der Waals surface area (Å²) in [7, 11) is 1.58. The molecule has 2 aromatic rings. The molecule has 0 spiro atoms. The molecule has 0 radical (unpaired) electrons. The molecular weight excluding hydrogens is 608 g/mol. The average Bonchev–Trinajstić information content (AvgIpc) is 2.91. The van der Waals surface area contributed by atoms with Gasteiger partial charge in [0.05, 0.1) is 27.9 Å². The molecule has 0 unspecified atom stereocenters. The number of nitrogens with zero attached hydrogens (tertiary/aromatic N) is 1. The number of hydrogen-bond acceptors (Lipinski definition) is 5. The highest BCUT2D eigenvalue weighted by Crippen LogP contribution is 2.41. The van der Waals surface area contributed by atoms with E-state index in [0.29, 0.717) is 27.3 Å². The number of amides is 1. The van der Waals surface area contributed by atoms with E-state index in [2.05, 4.69) is 45.2 Å². The van der Waals surface area contributed by atoms with Crippen LogP contribution in [0, 0.1) is 7.14 Å². The first-order valence-corrected chi connectivity index (χ1v) is 11.4. The molecule has 0 aliphatic carbocycles. The highest BCUT2D eigenvalue weighted by Gasteiger charge is 2.35. The van der Waals surface area contributed by atoms with Gasteiger partial charge in [-0.3, -0.25) is 9.69 Å². The summed E-state index contributed by atoms with van der Waals surface area (Å²) in [6.45, 7) is 2.50. The number of halogens is 2. The number of rotatable bonds is 5. The molecule has 140 valence electrons. The first kappa shape index (κ1) is 20.9. The van der Waals surface area contributed by atoms with E-state index >= 15 is 0 Å². The number of thioether (sulfide) groups is 1. The van der Waals surface area contributed by atoms with Gasteiger partial charge >= 0.3 is 0 Å². The van der Waals surface area contributed by atoms with Crippen LogP contribution in [-0.2, 0) is 4.79 Å². The molecule has 1 fully saturated rings. The molecule has 3 rings (SSSR count). The van der Waals surface area contributed by atoms with Crippen LogP contribution in [0.25, 0.3) is 6.08 Å². The van der Waals surface area contributed by atoms with Gasteiger partial charge in [-0.2, -0.15) is 0 Å². The van der Waals surface area contributed by atoms with Crippen molar-refractivity contribution in [3.05, 3.63) is 54.0 Å². The number of hydrogen-bond donors (Lipinski definition) is 0. The second kappa shape index (κ2) is 9.10. The number of para-hydroxylation sites is 2. The van der Waals surface area contributed by atoms with E-state index in [4.69, 9.17) is 21.7 Å². The van der Waals surface area contributed by atoms with Gasteiger partial charge in [-0.15, -0.1) is 0 Å². The SMILES string of the molecule is CCOc1c(I)cc(I)cc1/C=C1/SC(=S)N(c2ccccc2OC)C1=O. The summed E-state index contributed by atoms with van der Waals surface area (Å²) < 4.78 is 13.8. The maximum absolute atomic E-state index is 13.1. The van der Waals surface area contributed by atoms with Gasteiger partial charge in [0.2, 0.25) is 0 Å². The van der Waals surface area contributed by atoms with Crippen molar-refractivity contribution in [2.24, 2.45) is 0 Å². The van der Waals surface area contributed by atoms with Gasteiger partial charge in [0, 0.05) is 9.13 Å². The van der Waals surface area contributed by atoms with Crippen molar-refractivity contribution in [2.75, 3.05) is 18.6 Å². The van der Waals surface area contributed by atoms with E-state index in [1.54, 1.807) is 7.11 Å². The van der Waals surface area contributed by atoms with Crippen molar-refractivity contribution >= 4 is 91.2 Å². The van der Waals surface area contributed by atoms with E-state index < -0.39 is 0 Å². The Hall–Kier alpha value is -0.850. The molecular formula is C19H15I2NO3S2. The number of ether oxygens (including phenoxy) is 2. The minimum Gasteiger partial charge on any atom is -0.495 e. The minimum absolute atomic E-state index is 0.161. The minimum atomic E-state index is -0.161. The van der Waals surface area contributed by atoms with Crippen LogP contribution < -0.4 is 14.4 Å². The van der Waals surface area contributed by atoms with Crippen LogP contribution >= 0.6 is 69.2 Å². The van der Waals surface area contributed by atoms with Crippen molar-refractivity contribution in [1.82, 2.24) is 0 Å². The fourth-order valence-corrected chi connectivity index (χ4v) is 5.94. The third kappa shape index (κ3) is 4.43. The number of anilines is 1. The molecule has 2 aromatic carbocycles. The second-order valence-corrected chi connectivity index (χ2v) is 9.51.